The Morgan fingerprint density at radius 2 is 2.11 bits per heavy atom. The number of aromatic nitrogens is 1. The van der Waals surface area contributed by atoms with Crippen LogP contribution in [0.2, 0.25) is 0 Å². The Hall–Kier alpha value is -0.830. The summed E-state index contributed by atoms with van der Waals surface area (Å²) in [5, 5.41) is 3.65. The molecule has 2 rings (SSSR count). The summed E-state index contributed by atoms with van der Waals surface area (Å²) >= 11 is 0. The molecule has 1 aromatic heterocycles. The summed E-state index contributed by atoms with van der Waals surface area (Å²) in [5.41, 5.74) is 0. The van der Waals surface area contributed by atoms with Gasteiger partial charge in [-0.2, -0.15) is 0 Å². The minimum Gasteiger partial charge on any atom is -0.444 e. The minimum atomic E-state index is 0.228. The highest BCUT2D eigenvalue weighted by Gasteiger charge is 2.23. The molecule has 1 heterocycles. The molecule has 0 aliphatic heterocycles. The maximum atomic E-state index is 5.57. The van der Waals surface area contributed by atoms with E-state index in [0.29, 0.717) is 6.04 Å². The molecule has 18 heavy (non-hydrogen) atoms. The normalized spacial score (nSPS) is 26.2. The van der Waals surface area contributed by atoms with Gasteiger partial charge in [0.2, 0.25) is 5.89 Å². The largest absolute Gasteiger partial charge is 0.444 e. The summed E-state index contributed by atoms with van der Waals surface area (Å²) in [6, 6.07) is 0.867. The molecule has 0 saturated heterocycles. The van der Waals surface area contributed by atoms with Crippen LogP contribution in [0.3, 0.4) is 0 Å². The van der Waals surface area contributed by atoms with E-state index in [9.17, 15) is 0 Å². The Labute approximate surface area is 110 Å². The average molecular weight is 250 g/mol. The molecule has 1 atom stereocenters. The molecule has 1 fully saturated rings. The van der Waals surface area contributed by atoms with Gasteiger partial charge in [-0.15, -0.1) is 0 Å². The van der Waals surface area contributed by atoms with Crippen molar-refractivity contribution < 1.29 is 4.42 Å². The molecule has 1 saturated carbocycles. The number of rotatable bonds is 5. The van der Waals surface area contributed by atoms with Gasteiger partial charge in [-0.3, -0.25) is 0 Å². The molecule has 1 aliphatic rings. The van der Waals surface area contributed by atoms with E-state index in [0.717, 1.165) is 17.6 Å². The van der Waals surface area contributed by atoms with Crippen LogP contribution in [-0.2, 0) is 0 Å². The van der Waals surface area contributed by atoms with Crippen molar-refractivity contribution >= 4 is 0 Å². The lowest BCUT2D eigenvalue weighted by molar-refractivity contribution is 0.256. The van der Waals surface area contributed by atoms with Crippen LogP contribution in [0.1, 0.15) is 70.1 Å². The molecule has 102 valence electrons. The van der Waals surface area contributed by atoms with Crippen molar-refractivity contribution in [2.45, 2.75) is 71.4 Å². The van der Waals surface area contributed by atoms with Crippen molar-refractivity contribution in [1.29, 1.82) is 0 Å². The summed E-state index contributed by atoms with van der Waals surface area (Å²) < 4.78 is 5.57. The Morgan fingerprint density at radius 3 is 2.67 bits per heavy atom. The van der Waals surface area contributed by atoms with Gasteiger partial charge in [0, 0.05) is 6.04 Å². The first-order valence-corrected chi connectivity index (χ1v) is 7.37. The molecule has 1 unspecified atom stereocenters. The zero-order valence-corrected chi connectivity index (χ0v) is 11.9. The molecule has 0 spiro atoms. The summed E-state index contributed by atoms with van der Waals surface area (Å²) in [4.78, 5) is 4.30. The monoisotopic (exact) mass is 250 g/mol. The fourth-order valence-corrected chi connectivity index (χ4v) is 3.02. The topological polar surface area (TPSA) is 38.1 Å². The molecule has 0 radical (unpaired) electrons. The van der Waals surface area contributed by atoms with E-state index < -0.39 is 0 Å². The molecule has 1 aromatic rings. The highest BCUT2D eigenvalue weighted by molar-refractivity contribution is 4.96. The molecule has 0 amide bonds. The van der Waals surface area contributed by atoms with Crippen LogP contribution in [0.25, 0.3) is 0 Å². The highest BCUT2D eigenvalue weighted by Crippen LogP contribution is 2.29. The first-order chi connectivity index (χ1) is 8.69. The highest BCUT2D eigenvalue weighted by atomic mass is 16.4. The zero-order valence-electron chi connectivity index (χ0n) is 11.9. The van der Waals surface area contributed by atoms with Gasteiger partial charge in [0.05, 0.1) is 12.2 Å². The van der Waals surface area contributed by atoms with Gasteiger partial charge in [0.1, 0.15) is 5.76 Å². The smallest absolute Gasteiger partial charge is 0.211 e. The number of hydrogen-bond donors (Lipinski definition) is 1. The standard InChI is InChI=1S/C15H26N2O/c1-4-5-13-6-8-14(9-7-13)17-12(3)15-16-10-11(2)18-15/h10,12-14,17H,4-9H2,1-3H3. The van der Waals surface area contributed by atoms with Crippen molar-refractivity contribution in [2.75, 3.05) is 0 Å². The summed E-state index contributed by atoms with van der Waals surface area (Å²) in [6.45, 7) is 6.37. The maximum absolute atomic E-state index is 5.57. The van der Waals surface area contributed by atoms with Crippen molar-refractivity contribution in [3.8, 4) is 0 Å². The van der Waals surface area contributed by atoms with E-state index in [4.69, 9.17) is 4.42 Å². The quantitative estimate of drug-likeness (QED) is 0.858. The van der Waals surface area contributed by atoms with Crippen molar-refractivity contribution in [3.63, 3.8) is 0 Å². The second-order valence-corrected chi connectivity index (χ2v) is 5.70. The van der Waals surface area contributed by atoms with E-state index in [1.54, 1.807) is 6.20 Å². The Bertz CT molecular complexity index is 353. The number of aryl methyl sites for hydroxylation is 1. The lowest BCUT2D eigenvalue weighted by Gasteiger charge is -2.30. The Balaban J connectivity index is 1.77. The second-order valence-electron chi connectivity index (χ2n) is 5.70. The van der Waals surface area contributed by atoms with Crippen LogP contribution < -0.4 is 5.32 Å². The Morgan fingerprint density at radius 1 is 1.39 bits per heavy atom. The van der Waals surface area contributed by atoms with Gasteiger partial charge >= 0.3 is 0 Å². The van der Waals surface area contributed by atoms with Crippen molar-refractivity contribution in [1.82, 2.24) is 10.3 Å². The number of nitrogens with one attached hydrogen (secondary N) is 1. The van der Waals surface area contributed by atoms with Gasteiger partial charge in [-0.1, -0.05) is 19.8 Å². The molecule has 1 aliphatic carbocycles. The summed E-state index contributed by atoms with van der Waals surface area (Å²) in [5.74, 6) is 2.68. The summed E-state index contributed by atoms with van der Waals surface area (Å²) in [6.07, 6.45) is 9.89. The molecular formula is C15H26N2O. The lowest BCUT2D eigenvalue weighted by Crippen LogP contribution is -2.35. The molecular weight excluding hydrogens is 224 g/mol. The SMILES string of the molecule is CCCC1CCC(NC(C)c2ncc(C)o2)CC1. The fourth-order valence-electron chi connectivity index (χ4n) is 3.02. The predicted octanol–water partition coefficient (Wildman–Crippen LogP) is 3.99. The lowest BCUT2D eigenvalue weighted by atomic mass is 9.83. The van der Waals surface area contributed by atoms with Gasteiger partial charge in [-0.05, 0) is 45.4 Å². The molecule has 0 bridgehead atoms. The van der Waals surface area contributed by atoms with E-state index >= 15 is 0 Å². The fraction of sp³-hybridized carbons (Fsp3) is 0.800. The van der Waals surface area contributed by atoms with Crippen LogP contribution in [0.15, 0.2) is 10.6 Å². The predicted molar refractivity (Wildman–Crippen MR) is 73.4 cm³/mol. The molecule has 0 aromatic carbocycles. The van der Waals surface area contributed by atoms with Crippen LogP contribution in [0.4, 0.5) is 0 Å². The number of oxazole rings is 1. The van der Waals surface area contributed by atoms with Gasteiger partial charge in [0.15, 0.2) is 0 Å². The van der Waals surface area contributed by atoms with Gasteiger partial charge in [0.25, 0.3) is 0 Å². The van der Waals surface area contributed by atoms with Crippen LogP contribution in [0.5, 0.6) is 0 Å². The van der Waals surface area contributed by atoms with Gasteiger partial charge in [-0.25, -0.2) is 4.98 Å². The van der Waals surface area contributed by atoms with Crippen molar-refractivity contribution in [3.05, 3.63) is 17.8 Å². The zero-order chi connectivity index (χ0) is 13.0. The Kier molecular flexibility index (Phi) is 4.81. The average Bonchev–Trinajstić information content (AvgIpc) is 2.79. The van der Waals surface area contributed by atoms with Gasteiger partial charge < -0.3 is 9.73 Å². The third-order valence-corrected chi connectivity index (χ3v) is 4.04. The molecule has 3 heteroatoms. The first kappa shape index (κ1) is 13.6. The van der Waals surface area contributed by atoms with Crippen LogP contribution >= 0.6 is 0 Å². The third kappa shape index (κ3) is 3.58. The van der Waals surface area contributed by atoms with E-state index in [1.807, 2.05) is 6.92 Å². The van der Waals surface area contributed by atoms with Crippen LogP contribution in [0, 0.1) is 12.8 Å². The van der Waals surface area contributed by atoms with E-state index in [2.05, 4.69) is 24.1 Å². The van der Waals surface area contributed by atoms with Crippen LogP contribution in [-0.4, -0.2) is 11.0 Å². The molecule has 3 nitrogen and oxygen atoms in total. The van der Waals surface area contributed by atoms with Crippen molar-refractivity contribution in [2.24, 2.45) is 5.92 Å². The maximum Gasteiger partial charge on any atom is 0.211 e. The number of hydrogen-bond acceptors (Lipinski definition) is 3. The third-order valence-electron chi connectivity index (χ3n) is 4.04. The number of nitrogens with zero attached hydrogens (tertiary/aromatic N) is 1. The first-order valence-electron chi connectivity index (χ1n) is 7.37. The van der Waals surface area contributed by atoms with E-state index in [1.165, 1.54) is 38.5 Å². The minimum absolute atomic E-state index is 0.228. The molecule has 1 N–H and O–H groups in total. The second kappa shape index (κ2) is 6.37. The van der Waals surface area contributed by atoms with E-state index in [-0.39, 0.29) is 6.04 Å². The summed E-state index contributed by atoms with van der Waals surface area (Å²) in [7, 11) is 0.